The van der Waals surface area contributed by atoms with Crippen LogP contribution in [0.25, 0.3) is 0 Å². The van der Waals surface area contributed by atoms with Crippen molar-refractivity contribution in [3.05, 3.63) is 59.7 Å². The second-order valence-electron chi connectivity index (χ2n) is 5.76. The average Bonchev–Trinajstić information content (AvgIpc) is 2.56. The molecule has 4 nitrogen and oxygen atoms in total. The number of carbonyl (C=O) groups is 2. The van der Waals surface area contributed by atoms with Crippen LogP contribution in [0.4, 0.5) is 14.5 Å². The van der Waals surface area contributed by atoms with Crippen LogP contribution in [0.2, 0.25) is 0 Å². The summed E-state index contributed by atoms with van der Waals surface area (Å²) in [6.07, 6.45) is 1.95. The van der Waals surface area contributed by atoms with Crippen LogP contribution in [0.5, 0.6) is 0 Å². The summed E-state index contributed by atoms with van der Waals surface area (Å²) < 4.78 is 26.2. The Hall–Kier alpha value is -2.41. The summed E-state index contributed by atoms with van der Waals surface area (Å²) in [7, 11) is 0. The molecule has 2 aromatic carbocycles. The first-order chi connectivity index (χ1) is 12.0. The van der Waals surface area contributed by atoms with Gasteiger partial charge in [-0.05, 0) is 42.7 Å². The normalized spacial score (nSPS) is 14.1. The van der Waals surface area contributed by atoms with Gasteiger partial charge in [0.15, 0.2) is 11.6 Å². The Kier molecular flexibility index (Phi) is 5.03. The maximum absolute atomic E-state index is 13.2. The van der Waals surface area contributed by atoms with E-state index in [1.807, 2.05) is 24.5 Å². The zero-order valence-electron chi connectivity index (χ0n) is 13.5. The molecule has 1 aliphatic heterocycles. The first-order valence-electron chi connectivity index (χ1n) is 7.67. The van der Waals surface area contributed by atoms with Crippen LogP contribution in [0.1, 0.15) is 10.4 Å². The Morgan fingerprint density at radius 1 is 1.12 bits per heavy atom. The smallest absolute Gasteiger partial charge is 0.254 e. The molecule has 2 amide bonds. The van der Waals surface area contributed by atoms with Crippen LogP contribution < -0.4 is 5.32 Å². The summed E-state index contributed by atoms with van der Waals surface area (Å²) in [5.74, 6) is -2.94. The summed E-state index contributed by atoms with van der Waals surface area (Å²) in [5, 5.41) is 2.83. The maximum Gasteiger partial charge on any atom is 0.254 e. The van der Waals surface area contributed by atoms with E-state index >= 15 is 0 Å². The molecular formula is C18H16F2N2O2S. The number of thioether (sulfide) groups is 1. The number of likely N-dealkylation sites (tertiary alicyclic amines) is 1. The van der Waals surface area contributed by atoms with Gasteiger partial charge in [-0.1, -0.05) is 6.07 Å². The van der Waals surface area contributed by atoms with Crippen molar-refractivity contribution in [2.45, 2.75) is 4.90 Å². The van der Waals surface area contributed by atoms with Gasteiger partial charge in [-0.15, -0.1) is 11.8 Å². The zero-order chi connectivity index (χ0) is 18.0. The Morgan fingerprint density at radius 3 is 2.56 bits per heavy atom. The molecule has 0 aliphatic carbocycles. The molecule has 0 spiro atoms. The van der Waals surface area contributed by atoms with Crippen LogP contribution >= 0.6 is 11.8 Å². The first kappa shape index (κ1) is 17.4. The van der Waals surface area contributed by atoms with Gasteiger partial charge in [0.25, 0.3) is 5.91 Å². The first-order valence-corrected chi connectivity index (χ1v) is 8.89. The van der Waals surface area contributed by atoms with Crippen LogP contribution in [-0.2, 0) is 4.79 Å². The lowest BCUT2D eigenvalue weighted by molar-refractivity contribution is -0.123. The van der Waals surface area contributed by atoms with Gasteiger partial charge >= 0.3 is 0 Å². The van der Waals surface area contributed by atoms with E-state index in [-0.39, 0.29) is 30.5 Å². The highest BCUT2D eigenvalue weighted by atomic mass is 32.2. The van der Waals surface area contributed by atoms with E-state index in [2.05, 4.69) is 5.32 Å². The van der Waals surface area contributed by atoms with E-state index < -0.39 is 17.5 Å². The van der Waals surface area contributed by atoms with Crippen molar-refractivity contribution in [3.8, 4) is 0 Å². The Balaban J connectivity index is 1.57. The highest BCUT2D eigenvalue weighted by Crippen LogP contribution is 2.23. The topological polar surface area (TPSA) is 49.4 Å². The fourth-order valence-electron chi connectivity index (χ4n) is 2.57. The van der Waals surface area contributed by atoms with E-state index in [0.29, 0.717) is 5.69 Å². The Bertz CT molecular complexity index is 822. The van der Waals surface area contributed by atoms with Crippen molar-refractivity contribution in [1.82, 2.24) is 4.90 Å². The van der Waals surface area contributed by atoms with E-state index in [4.69, 9.17) is 0 Å². The molecule has 1 aliphatic rings. The lowest BCUT2D eigenvalue weighted by atomic mass is 9.97. The highest BCUT2D eigenvalue weighted by molar-refractivity contribution is 7.98. The van der Waals surface area contributed by atoms with E-state index in [1.54, 1.807) is 17.8 Å². The monoisotopic (exact) mass is 362 g/mol. The number of rotatable bonds is 4. The minimum absolute atomic E-state index is 0.0745. The van der Waals surface area contributed by atoms with Gasteiger partial charge in [0, 0.05) is 29.2 Å². The third kappa shape index (κ3) is 3.82. The third-order valence-electron chi connectivity index (χ3n) is 4.04. The summed E-state index contributed by atoms with van der Waals surface area (Å²) >= 11 is 1.58. The van der Waals surface area contributed by atoms with Crippen molar-refractivity contribution >= 4 is 29.3 Å². The fraction of sp³-hybridized carbons (Fsp3) is 0.222. The van der Waals surface area contributed by atoms with Gasteiger partial charge < -0.3 is 10.2 Å². The predicted octanol–water partition coefficient (Wildman–Crippen LogP) is 3.40. The molecule has 7 heteroatoms. The summed E-state index contributed by atoms with van der Waals surface area (Å²) in [5.41, 5.74) is 0.785. The molecule has 130 valence electrons. The number of hydrogen-bond donors (Lipinski definition) is 1. The van der Waals surface area contributed by atoms with Gasteiger partial charge in [0.2, 0.25) is 5.91 Å². The van der Waals surface area contributed by atoms with Gasteiger partial charge in [0.05, 0.1) is 5.92 Å². The minimum Gasteiger partial charge on any atom is -0.337 e. The number of amides is 2. The average molecular weight is 362 g/mol. The lowest BCUT2D eigenvalue weighted by Crippen LogP contribution is -2.54. The number of carbonyl (C=O) groups excluding carboxylic acids is 2. The van der Waals surface area contributed by atoms with Crippen LogP contribution in [-0.4, -0.2) is 36.1 Å². The standard InChI is InChI=1S/C18H16F2N2O2S/c1-25-14-4-2-3-13(8-14)21-17(23)12-9-22(10-12)18(24)11-5-6-15(19)16(20)7-11/h2-8,12H,9-10H2,1H3,(H,21,23). The van der Waals surface area contributed by atoms with Crippen LogP contribution in [0.3, 0.4) is 0 Å². The molecule has 0 atom stereocenters. The number of halogens is 2. The molecule has 0 aromatic heterocycles. The summed E-state index contributed by atoms with van der Waals surface area (Å²) in [6.45, 7) is 0.512. The molecule has 1 fully saturated rings. The van der Waals surface area contributed by atoms with Crippen molar-refractivity contribution in [1.29, 1.82) is 0 Å². The Labute approximate surface area is 148 Å². The van der Waals surface area contributed by atoms with Crippen molar-refractivity contribution < 1.29 is 18.4 Å². The second kappa shape index (κ2) is 7.23. The SMILES string of the molecule is CSc1cccc(NC(=O)C2CN(C(=O)c3ccc(F)c(F)c3)C2)c1. The summed E-state index contributed by atoms with van der Waals surface area (Å²) in [4.78, 5) is 26.9. The number of nitrogens with zero attached hydrogens (tertiary/aromatic N) is 1. The quantitative estimate of drug-likeness (QED) is 0.848. The van der Waals surface area contributed by atoms with Gasteiger partial charge in [-0.25, -0.2) is 8.78 Å². The summed E-state index contributed by atoms with van der Waals surface area (Å²) in [6, 6.07) is 10.5. The second-order valence-corrected chi connectivity index (χ2v) is 6.64. The number of anilines is 1. The fourth-order valence-corrected chi connectivity index (χ4v) is 3.03. The molecule has 0 radical (unpaired) electrons. The highest BCUT2D eigenvalue weighted by Gasteiger charge is 2.36. The van der Waals surface area contributed by atoms with Crippen molar-refractivity contribution in [3.63, 3.8) is 0 Å². The number of nitrogens with one attached hydrogen (secondary N) is 1. The molecule has 25 heavy (non-hydrogen) atoms. The van der Waals surface area contributed by atoms with Gasteiger partial charge in [-0.2, -0.15) is 0 Å². The number of hydrogen-bond acceptors (Lipinski definition) is 3. The molecule has 3 rings (SSSR count). The van der Waals surface area contributed by atoms with Crippen molar-refractivity contribution in [2.24, 2.45) is 5.92 Å². The maximum atomic E-state index is 13.2. The Morgan fingerprint density at radius 2 is 1.88 bits per heavy atom. The third-order valence-corrected chi connectivity index (χ3v) is 4.77. The zero-order valence-corrected chi connectivity index (χ0v) is 14.3. The largest absolute Gasteiger partial charge is 0.337 e. The van der Waals surface area contributed by atoms with E-state index in [1.165, 1.54) is 11.0 Å². The lowest BCUT2D eigenvalue weighted by Gasteiger charge is -2.38. The molecule has 0 unspecified atom stereocenters. The molecule has 1 N–H and O–H groups in total. The molecular weight excluding hydrogens is 346 g/mol. The van der Waals surface area contributed by atoms with Crippen LogP contribution in [0.15, 0.2) is 47.4 Å². The minimum atomic E-state index is -1.06. The molecule has 0 bridgehead atoms. The molecule has 1 heterocycles. The molecule has 0 saturated carbocycles. The van der Waals surface area contributed by atoms with E-state index in [9.17, 15) is 18.4 Å². The number of benzene rings is 2. The van der Waals surface area contributed by atoms with Crippen LogP contribution in [0, 0.1) is 17.6 Å². The van der Waals surface area contributed by atoms with Gasteiger partial charge in [0.1, 0.15) is 0 Å². The predicted molar refractivity (Wildman–Crippen MR) is 92.6 cm³/mol. The van der Waals surface area contributed by atoms with Gasteiger partial charge in [-0.3, -0.25) is 9.59 Å². The molecule has 2 aromatic rings. The van der Waals surface area contributed by atoms with Crippen molar-refractivity contribution in [2.75, 3.05) is 24.7 Å². The molecule has 1 saturated heterocycles. The van der Waals surface area contributed by atoms with E-state index in [0.717, 1.165) is 17.0 Å².